The van der Waals surface area contributed by atoms with Gasteiger partial charge in [-0.15, -0.1) is 0 Å². The molecule has 0 aliphatic heterocycles. The Morgan fingerprint density at radius 2 is 2.05 bits per heavy atom. The first-order valence-corrected chi connectivity index (χ1v) is 7.31. The number of ether oxygens (including phenoxy) is 1. The molecule has 1 amide bonds. The number of anilines is 2. The van der Waals surface area contributed by atoms with Crippen molar-refractivity contribution in [1.82, 2.24) is 4.98 Å². The summed E-state index contributed by atoms with van der Waals surface area (Å²) in [5.41, 5.74) is 1.27. The molecule has 5 nitrogen and oxygen atoms in total. The molecule has 116 valence electrons. The first-order valence-electron chi connectivity index (χ1n) is 6.55. The number of pyridine rings is 1. The van der Waals surface area contributed by atoms with Gasteiger partial charge in [-0.25, -0.2) is 4.98 Å². The molecule has 2 N–H and O–H groups in total. The lowest BCUT2D eigenvalue weighted by molar-refractivity contribution is 0.102. The fourth-order valence-electron chi connectivity index (χ4n) is 1.70. The summed E-state index contributed by atoms with van der Waals surface area (Å²) < 4.78 is 4.95. The van der Waals surface area contributed by atoms with Gasteiger partial charge in [-0.3, -0.25) is 4.79 Å². The summed E-state index contributed by atoms with van der Waals surface area (Å²) in [5.74, 6) is 0.152. The Hall–Kier alpha value is -1.82. The van der Waals surface area contributed by atoms with Gasteiger partial charge in [-0.2, -0.15) is 0 Å². The van der Waals surface area contributed by atoms with Crippen LogP contribution in [0.5, 0.6) is 0 Å². The van der Waals surface area contributed by atoms with Crippen molar-refractivity contribution in [3.8, 4) is 0 Å². The number of benzene rings is 1. The van der Waals surface area contributed by atoms with Crippen LogP contribution in [-0.4, -0.2) is 31.2 Å². The lowest BCUT2D eigenvalue weighted by Gasteiger charge is -2.08. The quantitative estimate of drug-likeness (QED) is 0.787. The third-order valence-electron chi connectivity index (χ3n) is 2.82. The Labute approximate surface area is 138 Å². The van der Waals surface area contributed by atoms with E-state index < -0.39 is 0 Å². The number of aromatic nitrogens is 1. The fourth-order valence-corrected chi connectivity index (χ4v) is 1.99. The van der Waals surface area contributed by atoms with Gasteiger partial charge in [0.15, 0.2) is 0 Å². The first kappa shape index (κ1) is 16.5. The second-order valence-electron chi connectivity index (χ2n) is 4.43. The summed E-state index contributed by atoms with van der Waals surface area (Å²) >= 11 is 11.7. The monoisotopic (exact) mass is 339 g/mol. The molecule has 0 radical (unpaired) electrons. The van der Waals surface area contributed by atoms with E-state index >= 15 is 0 Å². The normalized spacial score (nSPS) is 10.3. The molecule has 2 rings (SSSR count). The van der Waals surface area contributed by atoms with Gasteiger partial charge in [0.2, 0.25) is 0 Å². The van der Waals surface area contributed by atoms with E-state index in [-0.39, 0.29) is 5.91 Å². The molecule has 0 unspecified atom stereocenters. The van der Waals surface area contributed by atoms with E-state index in [1.807, 2.05) is 6.07 Å². The van der Waals surface area contributed by atoms with Crippen molar-refractivity contribution in [1.29, 1.82) is 0 Å². The number of hydrogen-bond acceptors (Lipinski definition) is 4. The maximum absolute atomic E-state index is 12.1. The predicted molar refractivity (Wildman–Crippen MR) is 89.0 cm³/mol. The average Bonchev–Trinajstić information content (AvgIpc) is 2.52. The molecule has 22 heavy (non-hydrogen) atoms. The van der Waals surface area contributed by atoms with Crippen molar-refractivity contribution in [3.05, 3.63) is 52.1 Å². The molecule has 0 saturated heterocycles. The van der Waals surface area contributed by atoms with Gasteiger partial charge in [0, 0.05) is 19.2 Å². The largest absolute Gasteiger partial charge is 0.383 e. The second-order valence-corrected chi connectivity index (χ2v) is 5.25. The molecular weight excluding hydrogens is 325 g/mol. The lowest BCUT2D eigenvalue weighted by atomic mass is 10.2. The molecule has 0 aliphatic rings. The van der Waals surface area contributed by atoms with Crippen LogP contribution in [0.3, 0.4) is 0 Å². The van der Waals surface area contributed by atoms with Gasteiger partial charge in [-0.1, -0.05) is 23.2 Å². The van der Waals surface area contributed by atoms with E-state index in [1.165, 1.54) is 6.07 Å². The van der Waals surface area contributed by atoms with Crippen LogP contribution >= 0.6 is 23.2 Å². The van der Waals surface area contributed by atoms with Gasteiger partial charge in [0.05, 0.1) is 28.5 Å². The number of carbonyl (C=O) groups excluding carboxylic acids is 1. The van der Waals surface area contributed by atoms with Crippen LogP contribution in [0.25, 0.3) is 0 Å². The standard InChI is InChI=1S/C15H15Cl2N3O2/c1-22-7-6-18-11-3-5-14(19-9-11)20-15(21)10-2-4-12(16)13(17)8-10/h2-5,8-9,18H,6-7H2,1H3,(H,19,20,21). The Morgan fingerprint density at radius 1 is 1.23 bits per heavy atom. The maximum atomic E-state index is 12.1. The third kappa shape index (κ3) is 4.59. The minimum Gasteiger partial charge on any atom is -0.383 e. The van der Waals surface area contributed by atoms with Crippen LogP contribution in [0, 0.1) is 0 Å². The van der Waals surface area contributed by atoms with Crippen LogP contribution in [0.4, 0.5) is 11.5 Å². The molecule has 1 heterocycles. The first-order chi connectivity index (χ1) is 10.6. The summed E-state index contributed by atoms with van der Waals surface area (Å²) in [6.45, 7) is 1.29. The molecule has 1 aromatic heterocycles. The lowest BCUT2D eigenvalue weighted by Crippen LogP contribution is -2.13. The van der Waals surface area contributed by atoms with E-state index in [4.69, 9.17) is 27.9 Å². The van der Waals surface area contributed by atoms with E-state index in [2.05, 4.69) is 15.6 Å². The Bertz CT molecular complexity index is 648. The summed E-state index contributed by atoms with van der Waals surface area (Å²) in [6, 6.07) is 8.23. The van der Waals surface area contributed by atoms with Crippen molar-refractivity contribution in [2.24, 2.45) is 0 Å². The zero-order valence-corrected chi connectivity index (χ0v) is 13.4. The molecule has 2 aromatic rings. The summed E-state index contributed by atoms with van der Waals surface area (Å²) in [4.78, 5) is 16.3. The van der Waals surface area contributed by atoms with Crippen LogP contribution in [0.2, 0.25) is 10.0 Å². The van der Waals surface area contributed by atoms with Crippen LogP contribution < -0.4 is 10.6 Å². The minimum atomic E-state index is -0.300. The molecule has 7 heteroatoms. The van der Waals surface area contributed by atoms with Crippen LogP contribution in [0.1, 0.15) is 10.4 Å². The van der Waals surface area contributed by atoms with Crippen molar-refractivity contribution >= 4 is 40.6 Å². The number of amides is 1. The number of hydrogen-bond donors (Lipinski definition) is 2. The van der Waals surface area contributed by atoms with E-state index in [0.29, 0.717) is 34.6 Å². The second kappa shape index (κ2) is 7.98. The predicted octanol–water partition coefficient (Wildman–Crippen LogP) is 3.70. The van der Waals surface area contributed by atoms with Crippen LogP contribution in [0.15, 0.2) is 36.5 Å². The van der Waals surface area contributed by atoms with Crippen molar-refractivity contribution in [2.75, 3.05) is 30.9 Å². The van der Waals surface area contributed by atoms with E-state index in [9.17, 15) is 4.79 Å². The topological polar surface area (TPSA) is 63.2 Å². The van der Waals surface area contributed by atoms with Gasteiger partial charge in [-0.05, 0) is 30.3 Å². The Balaban J connectivity index is 1.97. The molecule has 0 aliphatic carbocycles. The number of rotatable bonds is 6. The van der Waals surface area contributed by atoms with Gasteiger partial charge >= 0.3 is 0 Å². The number of nitrogens with zero attached hydrogens (tertiary/aromatic N) is 1. The highest BCUT2D eigenvalue weighted by molar-refractivity contribution is 6.42. The van der Waals surface area contributed by atoms with Crippen LogP contribution in [-0.2, 0) is 4.74 Å². The molecule has 0 bridgehead atoms. The Morgan fingerprint density at radius 3 is 2.68 bits per heavy atom. The maximum Gasteiger partial charge on any atom is 0.256 e. The number of methoxy groups -OCH3 is 1. The third-order valence-corrected chi connectivity index (χ3v) is 3.56. The molecule has 0 spiro atoms. The van der Waals surface area contributed by atoms with E-state index in [0.717, 1.165) is 5.69 Å². The highest BCUT2D eigenvalue weighted by Gasteiger charge is 2.09. The minimum absolute atomic E-state index is 0.300. The number of halogens is 2. The SMILES string of the molecule is COCCNc1ccc(NC(=O)c2ccc(Cl)c(Cl)c2)nc1. The average molecular weight is 340 g/mol. The number of carbonyl (C=O) groups is 1. The van der Waals surface area contributed by atoms with Crippen molar-refractivity contribution in [2.45, 2.75) is 0 Å². The summed E-state index contributed by atoms with van der Waals surface area (Å²) in [6.07, 6.45) is 1.64. The Kier molecular flexibility index (Phi) is 6.00. The van der Waals surface area contributed by atoms with Crippen molar-refractivity contribution < 1.29 is 9.53 Å². The van der Waals surface area contributed by atoms with Crippen molar-refractivity contribution in [3.63, 3.8) is 0 Å². The summed E-state index contributed by atoms with van der Waals surface area (Å²) in [5, 5.41) is 6.57. The zero-order valence-electron chi connectivity index (χ0n) is 11.9. The molecule has 0 atom stereocenters. The molecule has 1 aromatic carbocycles. The number of nitrogens with one attached hydrogen (secondary N) is 2. The molecule has 0 fully saturated rings. The van der Waals surface area contributed by atoms with E-state index in [1.54, 1.807) is 31.5 Å². The van der Waals surface area contributed by atoms with Gasteiger partial charge in [0.1, 0.15) is 5.82 Å². The smallest absolute Gasteiger partial charge is 0.256 e. The molecule has 0 saturated carbocycles. The summed E-state index contributed by atoms with van der Waals surface area (Å²) in [7, 11) is 1.64. The highest BCUT2D eigenvalue weighted by Crippen LogP contribution is 2.23. The fraction of sp³-hybridized carbons (Fsp3) is 0.200. The van der Waals surface area contributed by atoms with Gasteiger partial charge in [0.25, 0.3) is 5.91 Å². The highest BCUT2D eigenvalue weighted by atomic mass is 35.5. The zero-order chi connectivity index (χ0) is 15.9. The molecular formula is C15H15Cl2N3O2. The van der Waals surface area contributed by atoms with Gasteiger partial charge < -0.3 is 15.4 Å².